The highest BCUT2D eigenvalue weighted by Crippen LogP contribution is 2.31. The molecule has 2 aliphatic heterocycles. The standard InChI is InChI=1S/C27H24N4O3/c32-24(31-8-10-34-11-9-31)13-18-3-1-2-17(12-18)4-6-20-14-22-19(15-28-20)5-7-21-25-23(30-26(21)22)16-29-27(25)33/h1-7,12,14-15,30H,8-11,13,16H2,(H,29,33). The number of aromatic nitrogens is 2. The maximum atomic E-state index is 12.6. The first-order valence-electron chi connectivity index (χ1n) is 11.5. The van der Waals surface area contributed by atoms with E-state index in [1.54, 1.807) is 0 Å². The van der Waals surface area contributed by atoms with Crippen LogP contribution in [0.3, 0.4) is 0 Å². The first kappa shape index (κ1) is 20.6. The normalized spacial score (nSPS) is 15.9. The van der Waals surface area contributed by atoms with E-state index in [1.165, 1.54) is 0 Å². The number of ether oxygens (including phenoxy) is 1. The Hall–Kier alpha value is -3.97. The van der Waals surface area contributed by atoms with Gasteiger partial charge in [0.2, 0.25) is 5.91 Å². The first-order valence-corrected chi connectivity index (χ1v) is 11.5. The number of H-pyrrole nitrogens is 1. The van der Waals surface area contributed by atoms with Gasteiger partial charge in [-0.25, -0.2) is 0 Å². The minimum Gasteiger partial charge on any atom is -0.378 e. The number of nitrogens with one attached hydrogen (secondary N) is 2. The van der Waals surface area contributed by atoms with Crippen LogP contribution in [-0.2, 0) is 22.5 Å². The third-order valence-corrected chi connectivity index (χ3v) is 6.54. The van der Waals surface area contributed by atoms with Crippen LogP contribution < -0.4 is 5.32 Å². The van der Waals surface area contributed by atoms with Crippen LogP contribution in [0, 0.1) is 0 Å². The third kappa shape index (κ3) is 3.74. The van der Waals surface area contributed by atoms with Crippen LogP contribution >= 0.6 is 0 Å². The van der Waals surface area contributed by atoms with Gasteiger partial charge in [0.05, 0.1) is 43.0 Å². The lowest BCUT2D eigenvalue weighted by molar-refractivity contribution is -0.134. The van der Waals surface area contributed by atoms with Crippen molar-refractivity contribution in [3.63, 3.8) is 0 Å². The maximum Gasteiger partial charge on any atom is 0.254 e. The highest BCUT2D eigenvalue weighted by atomic mass is 16.5. The van der Waals surface area contributed by atoms with Gasteiger partial charge in [-0.15, -0.1) is 0 Å². The van der Waals surface area contributed by atoms with Gasteiger partial charge in [-0.2, -0.15) is 0 Å². The van der Waals surface area contributed by atoms with Crippen molar-refractivity contribution in [3.05, 3.63) is 76.7 Å². The van der Waals surface area contributed by atoms with Crippen molar-refractivity contribution < 1.29 is 14.3 Å². The summed E-state index contributed by atoms with van der Waals surface area (Å²) in [5.74, 6) is 0.109. The highest BCUT2D eigenvalue weighted by molar-refractivity contribution is 6.16. The summed E-state index contributed by atoms with van der Waals surface area (Å²) in [6.07, 6.45) is 6.24. The van der Waals surface area contributed by atoms with Crippen molar-refractivity contribution >= 4 is 45.6 Å². The Kier molecular flexibility index (Phi) is 5.11. The Labute approximate surface area is 196 Å². The molecular formula is C27H24N4O3. The zero-order valence-corrected chi connectivity index (χ0v) is 18.6. The molecule has 2 aliphatic rings. The molecule has 0 unspecified atom stereocenters. The first-order chi connectivity index (χ1) is 16.7. The van der Waals surface area contributed by atoms with Crippen LogP contribution in [0.4, 0.5) is 0 Å². The number of rotatable bonds is 4. The van der Waals surface area contributed by atoms with Gasteiger partial charge >= 0.3 is 0 Å². The molecule has 0 bridgehead atoms. The summed E-state index contributed by atoms with van der Waals surface area (Å²) >= 11 is 0. The van der Waals surface area contributed by atoms with Gasteiger partial charge < -0.3 is 19.9 Å². The molecule has 0 saturated carbocycles. The van der Waals surface area contributed by atoms with Crippen molar-refractivity contribution in [2.24, 2.45) is 0 Å². The highest BCUT2D eigenvalue weighted by Gasteiger charge is 2.24. The molecule has 1 fully saturated rings. The van der Waals surface area contributed by atoms with Crippen LogP contribution in [0.5, 0.6) is 0 Å². The van der Waals surface area contributed by atoms with E-state index in [2.05, 4.69) is 15.3 Å². The molecule has 34 heavy (non-hydrogen) atoms. The lowest BCUT2D eigenvalue weighted by atomic mass is 10.0. The fourth-order valence-electron chi connectivity index (χ4n) is 4.78. The van der Waals surface area contributed by atoms with E-state index in [0.717, 1.165) is 49.8 Å². The van der Waals surface area contributed by atoms with Gasteiger partial charge in [0, 0.05) is 41.1 Å². The minimum absolute atomic E-state index is 0.0261. The molecule has 6 rings (SSSR count). The smallest absolute Gasteiger partial charge is 0.254 e. The lowest BCUT2D eigenvalue weighted by Gasteiger charge is -2.26. The number of hydrogen-bond donors (Lipinski definition) is 2. The van der Waals surface area contributed by atoms with Crippen molar-refractivity contribution in [2.45, 2.75) is 13.0 Å². The molecule has 7 nitrogen and oxygen atoms in total. The van der Waals surface area contributed by atoms with Crippen LogP contribution in [0.15, 0.2) is 48.7 Å². The molecule has 2 aromatic carbocycles. The summed E-state index contributed by atoms with van der Waals surface area (Å²) in [4.78, 5) is 34.7. The quantitative estimate of drug-likeness (QED) is 0.496. The van der Waals surface area contributed by atoms with E-state index in [4.69, 9.17) is 4.74 Å². The number of amides is 2. The Balaban J connectivity index is 1.26. The predicted molar refractivity (Wildman–Crippen MR) is 131 cm³/mol. The van der Waals surface area contributed by atoms with E-state index < -0.39 is 0 Å². The molecule has 4 aromatic rings. The van der Waals surface area contributed by atoms with Gasteiger partial charge in [0.25, 0.3) is 5.91 Å². The topological polar surface area (TPSA) is 87.3 Å². The monoisotopic (exact) mass is 452 g/mol. The molecule has 0 atom stereocenters. The molecule has 2 amide bonds. The second kappa shape index (κ2) is 8.43. The van der Waals surface area contributed by atoms with Crippen molar-refractivity contribution in [1.29, 1.82) is 0 Å². The summed E-state index contributed by atoms with van der Waals surface area (Å²) in [5, 5.41) is 5.87. The fourth-order valence-corrected chi connectivity index (χ4v) is 4.78. The lowest BCUT2D eigenvalue weighted by Crippen LogP contribution is -2.41. The van der Waals surface area contributed by atoms with Crippen molar-refractivity contribution in [1.82, 2.24) is 20.2 Å². The number of nitrogens with zero attached hydrogens (tertiary/aromatic N) is 2. The Bertz CT molecular complexity index is 1460. The number of carbonyl (C=O) groups excluding carboxylic acids is 2. The molecule has 2 aromatic heterocycles. The van der Waals surface area contributed by atoms with Crippen LogP contribution in [-0.4, -0.2) is 53.0 Å². The molecule has 1 saturated heterocycles. The van der Waals surface area contributed by atoms with Crippen LogP contribution in [0.25, 0.3) is 33.8 Å². The summed E-state index contributed by atoms with van der Waals surface area (Å²) < 4.78 is 5.34. The third-order valence-electron chi connectivity index (χ3n) is 6.54. The maximum absolute atomic E-state index is 12.6. The number of benzene rings is 2. The molecule has 4 heterocycles. The average molecular weight is 453 g/mol. The van der Waals surface area contributed by atoms with Crippen molar-refractivity contribution in [2.75, 3.05) is 26.3 Å². The van der Waals surface area contributed by atoms with Gasteiger partial charge in [-0.05, 0) is 23.3 Å². The fraction of sp³-hybridized carbons (Fsp3) is 0.222. The van der Waals surface area contributed by atoms with Gasteiger partial charge in [0.1, 0.15) is 0 Å². The zero-order valence-electron chi connectivity index (χ0n) is 18.6. The molecule has 2 N–H and O–H groups in total. The molecular weight excluding hydrogens is 428 g/mol. The number of hydrogen-bond acceptors (Lipinski definition) is 4. The largest absolute Gasteiger partial charge is 0.378 e. The molecule has 0 spiro atoms. The Morgan fingerprint density at radius 3 is 2.85 bits per heavy atom. The molecule has 7 heteroatoms. The summed E-state index contributed by atoms with van der Waals surface area (Å²) in [7, 11) is 0. The van der Waals surface area contributed by atoms with E-state index in [1.807, 2.05) is 65.7 Å². The van der Waals surface area contributed by atoms with Crippen LogP contribution in [0.1, 0.15) is 32.9 Å². The zero-order chi connectivity index (χ0) is 23.1. The number of carbonyl (C=O) groups is 2. The Morgan fingerprint density at radius 2 is 1.97 bits per heavy atom. The summed E-state index contributed by atoms with van der Waals surface area (Å²) in [6, 6.07) is 14.1. The number of fused-ring (bicyclic) bond motifs is 5. The molecule has 0 radical (unpaired) electrons. The van der Waals surface area contributed by atoms with E-state index in [9.17, 15) is 9.59 Å². The summed E-state index contributed by atoms with van der Waals surface area (Å²) in [5.41, 5.74) is 5.49. The predicted octanol–water partition coefficient (Wildman–Crippen LogP) is 3.53. The van der Waals surface area contributed by atoms with E-state index >= 15 is 0 Å². The SMILES string of the molecule is O=C1NCc2[nH]c3c(ccc4cnc(C=Cc5cccc(CC(=O)N6CCOCC6)c5)cc43)c21. The van der Waals surface area contributed by atoms with Gasteiger partial charge in [-0.1, -0.05) is 42.5 Å². The summed E-state index contributed by atoms with van der Waals surface area (Å²) in [6.45, 7) is 3.07. The van der Waals surface area contributed by atoms with Gasteiger partial charge in [0.15, 0.2) is 0 Å². The number of aromatic amines is 1. The minimum atomic E-state index is -0.0261. The second-order valence-corrected chi connectivity index (χ2v) is 8.73. The Morgan fingerprint density at radius 1 is 1.09 bits per heavy atom. The molecule has 170 valence electrons. The van der Waals surface area contributed by atoms with E-state index in [0.29, 0.717) is 39.3 Å². The second-order valence-electron chi connectivity index (χ2n) is 8.73. The van der Waals surface area contributed by atoms with E-state index in [-0.39, 0.29) is 11.8 Å². The average Bonchev–Trinajstić information content (AvgIpc) is 3.43. The molecule has 0 aliphatic carbocycles. The van der Waals surface area contributed by atoms with Crippen molar-refractivity contribution in [3.8, 4) is 0 Å². The van der Waals surface area contributed by atoms with Crippen LogP contribution in [0.2, 0.25) is 0 Å². The van der Waals surface area contributed by atoms with Gasteiger partial charge in [-0.3, -0.25) is 14.6 Å². The number of morpholine rings is 1. The number of pyridine rings is 1.